The number of para-hydroxylation sites is 1. The van der Waals surface area contributed by atoms with E-state index in [1.165, 1.54) is 0 Å². The fourth-order valence-corrected chi connectivity index (χ4v) is 2.55. The highest BCUT2D eigenvalue weighted by molar-refractivity contribution is 14.0. The summed E-state index contributed by atoms with van der Waals surface area (Å²) in [5, 5.41) is 3.06. The number of hydrogen-bond acceptors (Lipinski definition) is 3. The molecule has 0 spiro atoms. The average Bonchev–Trinajstić information content (AvgIpc) is 2.72. The summed E-state index contributed by atoms with van der Waals surface area (Å²) >= 11 is 0. The number of nitrogens with one attached hydrogen (secondary N) is 1. The molecule has 0 saturated carbocycles. The van der Waals surface area contributed by atoms with E-state index in [4.69, 9.17) is 15.2 Å². The fraction of sp³-hybridized carbons (Fsp3) is 0.136. The van der Waals surface area contributed by atoms with E-state index in [9.17, 15) is 0 Å². The van der Waals surface area contributed by atoms with Gasteiger partial charge in [-0.05, 0) is 35.4 Å². The number of aliphatic imine (C=N–C) groups is 1. The minimum Gasteiger partial charge on any atom is -0.493 e. The van der Waals surface area contributed by atoms with Crippen molar-refractivity contribution in [3.8, 4) is 11.5 Å². The van der Waals surface area contributed by atoms with Crippen LogP contribution in [0.2, 0.25) is 0 Å². The van der Waals surface area contributed by atoms with Crippen LogP contribution in [0.1, 0.15) is 11.1 Å². The third-order valence-corrected chi connectivity index (χ3v) is 3.94. The molecule has 3 aromatic rings. The van der Waals surface area contributed by atoms with E-state index in [2.05, 4.69) is 10.3 Å². The molecular weight excluding hydrogens is 465 g/mol. The number of nitrogens with zero attached hydrogens (tertiary/aromatic N) is 1. The Kier molecular flexibility index (Phi) is 8.61. The molecule has 0 fully saturated rings. The smallest absolute Gasteiger partial charge is 0.193 e. The molecule has 3 N–H and O–H groups in total. The molecule has 0 aliphatic rings. The van der Waals surface area contributed by atoms with E-state index in [-0.39, 0.29) is 24.0 Å². The van der Waals surface area contributed by atoms with Gasteiger partial charge in [-0.25, -0.2) is 4.99 Å². The van der Waals surface area contributed by atoms with Crippen LogP contribution in [0.25, 0.3) is 0 Å². The fourth-order valence-electron chi connectivity index (χ4n) is 2.55. The molecule has 5 nitrogen and oxygen atoms in total. The molecule has 0 radical (unpaired) electrons. The minimum absolute atomic E-state index is 0. The summed E-state index contributed by atoms with van der Waals surface area (Å²) in [6.07, 6.45) is 0. The predicted molar refractivity (Wildman–Crippen MR) is 125 cm³/mol. The third kappa shape index (κ3) is 6.45. The zero-order valence-electron chi connectivity index (χ0n) is 15.7. The van der Waals surface area contributed by atoms with Gasteiger partial charge in [0.05, 0.1) is 13.7 Å². The second kappa shape index (κ2) is 11.2. The highest BCUT2D eigenvalue weighted by Gasteiger charge is 2.06. The first-order valence-corrected chi connectivity index (χ1v) is 8.70. The maximum atomic E-state index is 5.95. The van der Waals surface area contributed by atoms with Gasteiger partial charge in [-0.3, -0.25) is 0 Å². The van der Waals surface area contributed by atoms with Crippen molar-refractivity contribution in [1.29, 1.82) is 0 Å². The number of hydrogen-bond donors (Lipinski definition) is 2. The normalized spacial score (nSPS) is 10.7. The van der Waals surface area contributed by atoms with Crippen molar-refractivity contribution in [2.45, 2.75) is 13.2 Å². The Labute approximate surface area is 182 Å². The predicted octanol–water partition coefficient (Wildman–Crippen LogP) is 4.82. The number of anilines is 1. The summed E-state index contributed by atoms with van der Waals surface area (Å²) in [6, 6.07) is 25.5. The van der Waals surface area contributed by atoms with Gasteiger partial charge in [0.15, 0.2) is 17.5 Å². The molecule has 0 aliphatic heterocycles. The summed E-state index contributed by atoms with van der Waals surface area (Å²) in [6.45, 7) is 0.934. The average molecular weight is 489 g/mol. The van der Waals surface area contributed by atoms with Gasteiger partial charge in [0.2, 0.25) is 0 Å². The highest BCUT2D eigenvalue weighted by atomic mass is 127. The Hall–Kier alpha value is -2.74. The van der Waals surface area contributed by atoms with E-state index < -0.39 is 0 Å². The Bertz CT molecular complexity index is 887. The number of benzene rings is 3. The van der Waals surface area contributed by atoms with Gasteiger partial charge in [-0.2, -0.15) is 0 Å². The standard InChI is InChI=1S/C22H23N3O2.HI/c1-26-21-14-18(15-24-22(23)25-19-10-6-3-7-11-19)12-13-20(21)27-16-17-8-4-2-5-9-17;/h2-14H,15-16H2,1H3,(H3,23,24,25);1H. The van der Waals surface area contributed by atoms with Crippen LogP contribution in [0.4, 0.5) is 5.69 Å². The van der Waals surface area contributed by atoms with Crippen LogP contribution in [-0.2, 0) is 13.2 Å². The largest absolute Gasteiger partial charge is 0.493 e. The Morgan fingerprint density at radius 3 is 2.25 bits per heavy atom. The summed E-state index contributed by atoms with van der Waals surface area (Å²) in [4.78, 5) is 4.38. The monoisotopic (exact) mass is 489 g/mol. The zero-order chi connectivity index (χ0) is 18.9. The van der Waals surface area contributed by atoms with E-state index in [0.29, 0.717) is 30.6 Å². The molecule has 0 amide bonds. The van der Waals surface area contributed by atoms with Gasteiger partial charge in [0.25, 0.3) is 0 Å². The third-order valence-electron chi connectivity index (χ3n) is 3.94. The van der Waals surface area contributed by atoms with E-state index >= 15 is 0 Å². The number of rotatable bonds is 7. The number of guanidine groups is 1. The second-order valence-corrected chi connectivity index (χ2v) is 5.95. The van der Waals surface area contributed by atoms with Gasteiger partial charge in [0, 0.05) is 5.69 Å². The Morgan fingerprint density at radius 2 is 1.57 bits per heavy atom. The Balaban J connectivity index is 0.00000280. The van der Waals surface area contributed by atoms with Gasteiger partial charge >= 0.3 is 0 Å². The van der Waals surface area contributed by atoms with Crippen LogP contribution in [0.5, 0.6) is 11.5 Å². The Morgan fingerprint density at radius 1 is 0.893 bits per heavy atom. The van der Waals surface area contributed by atoms with Crippen LogP contribution in [-0.4, -0.2) is 13.1 Å². The molecule has 0 unspecified atom stereocenters. The van der Waals surface area contributed by atoms with E-state index in [0.717, 1.165) is 16.8 Å². The van der Waals surface area contributed by atoms with Gasteiger partial charge < -0.3 is 20.5 Å². The minimum atomic E-state index is 0. The quantitative estimate of drug-likeness (QED) is 0.284. The molecular formula is C22H24IN3O2. The van der Waals surface area contributed by atoms with Crippen LogP contribution < -0.4 is 20.5 Å². The van der Waals surface area contributed by atoms with Gasteiger partial charge in [-0.1, -0.05) is 54.6 Å². The molecule has 0 heterocycles. The van der Waals surface area contributed by atoms with E-state index in [1.54, 1.807) is 7.11 Å². The molecule has 0 aliphatic carbocycles. The van der Waals surface area contributed by atoms with Gasteiger partial charge in [-0.15, -0.1) is 24.0 Å². The molecule has 3 aromatic carbocycles. The van der Waals surface area contributed by atoms with Crippen molar-refractivity contribution >= 4 is 35.6 Å². The van der Waals surface area contributed by atoms with E-state index in [1.807, 2.05) is 78.9 Å². The number of nitrogens with two attached hydrogens (primary N) is 1. The van der Waals surface area contributed by atoms with Crippen molar-refractivity contribution in [2.75, 3.05) is 12.4 Å². The molecule has 0 saturated heterocycles. The van der Waals surface area contributed by atoms with Crippen LogP contribution >= 0.6 is 24.0 Å². The zero-order valence-corrected chi connectivity index (χ0v) is 18.0. The maximum absolute atomic E-state index is 5.95. The first-order valence-electron chi connectivity index (χ1n) is 8.70. The molecule has 6 heteroatoms. The molecule has 146 valence electrons. The lowest BCUT2D eigenvalue weighted by molar-refractivity contribution is 0.284. The van der Waals surface area contributed by atoms with Crippen molar-refractivity contribution in [3.63, 3.8) is 0 Å². The summed E-state index contributed by atoms with van der Waals surface area (Å²) in [5.74, 6) is 1.74. The number of methoxy groups -OCH3 is 1. The molecule has 0 atom stereocenters. The lowest BCUT2D eigenvalue weighted by Gasteiger charge is -2.12. The summed E-state index contributed by atoms with van der Waals surface area (Å²) in [5.41, 5.74) is 8.94. The van der Waals surface area contributed by atoms with Crippen molar-refractivity contribution in [2.24, 2.45) is 10.7 Å². The lowest BCUT2D eigenvalue weighted by Crippen LogP contribution is -2.22. The van der Waals surface area contributed by atoms with Crippen LogP contribution in [0, 0.1) is 0 Å². The summed E-state index contributed by atoms with van der Waals surface area (Å²) < 4.78 is 11.3. The van der Waals surface area contributed by atoms with Gasteiger partial charge in [0.1, 0.15) is 6.61 Å². The second-order valence-electron chi connectivity index (χ2n) is 5.95. The lowest BCUT2D eigenvalue weighted by atomic mass is 10.2. The first kappa shape index (κ1) is 21.6. The van der Waals surface area contributed by atoms with Crippen LogP contribution in [0.15, 0.2) is 83.9 Å². The van der Waals surface area contributed by atoms with Crippen LogP contribution in [0.3, 0.4) is 0 Å². The molecule has 28 heavy (non-hydrogen) atoms. The highest BCUT2D eigenvalue weighted by Crippen LogP contribution is 2.29. The number of halogens is 1. The topological polar surface area (TPSA) is 68.9 Å². The van der Waals surface area contributed by atoms with Crippen molar-refractivity contribution in [1.82, 2.24) is 0 Å². The maximum Gasteiger partial charge on any atom is 0.193 e. The van der Waals surface area contributed by atoms with Crippen molar-refractivity contribution < 1.29 is 9.47 Å². The first-order chi connectivity index (χ1) is 13.2. The molecule has 0 aromatic heterocycles. The summed E-state index contributed by atoms with van der Waals surface area (Å²) in [7, 11) is 1.63. The SMILES string of the molecule is COc1cc(CN=C(N)Nc2ccccc2)ccc1OCc1ccccc1.I. The van der Waals surface area contributed by atoms with Crippen molar-refractivity contribution in [3.05, 3.63) is 90.0 Å². The molecule has 3 rings (SSSR count). The molecule has 0 bridgehead atoms. The number of ether oxygens (including phenoxy) is 2.